The number of amides is 1. The molecule has 2 aromatic rings. The van der Waals surface area contributed by atoms with E-state index in [2.05, 4.69) is 10.4 Å². The highest BCUT2D eigenvalue weighted by molar-refractivity contribution is 8.00. The fraction of sp³-hybridized carbons (Fsp3) is 0.286. The van der Waals surface area contributed by atoms with Gasteiger partial charge in [-0.1, -0.05) is 18.2 Å². The van der Waals surface area contributed by atoms with Crippen molar-refractivity contribution < 1.29 is 4.79 Å². The molecule has 0 aliphatic heterocycles. The number of carbonyl (C=O) groups excluding carboxylic acids is 1. The summed E-state index contributed by atoms with van der Waals surface area (Å²) < 4.78 is 1.67. The van der Waals surface area contributed by atoms with E-state index in [0.29, 0.717) is 0 Å². The molecule has 19 heavy (non-hydrogen) atoms. The zero-order chi connectivity index (χ0) is 13.8. The lowest BCUT2D eigenvalue weighted by molar-refractivity contribution is -0.115. The maximum atomic E-state index is 12.1. The molecule has 0 aliphatic carbocycles. The van der Waals surface area contributed by atoms with Crippen LogP contribution in [0.3, 0.4) is 0 Å². The van der Waals surface area contributed by atoms with Crippen molar-refractivity contribution >= 4 is 23.5 Å². The molecule has 0 unspecified atom stereocenters. The van der Waals surface area contributed by atoms with Crippen molar-refractivity contribution in [2.45, 2.75) is 24.0 Å². The van der Waals surface area contributed by atoms with Crippen LogP contribution in [0.5, 0.6) is 0 Å². The van der Waals surface area contributed by atoms with Crippen molar-refractivity contribution in [1.29, 1.82) is 0 Å². The smallest absolute Gasteiger partial charge is 0.238 e. The Morgan fingerprint density at radius 2 is 2.05 bits per heavy atom. The van der Waals surface area contributed by atoms with Crippen molar-refractivity contribution in [2.24, 2.45) is 7.05 Å². The normalized spacial score (nSPS) is 12.2. The molecule has 1 aromatic heterocycles. The minimum Gasteiger partial charge on any atom is -0.310 e. The number of aryl methyl sites for hydroxylation is 2. The van der Waals surface area contributed by atoms with Gasteiger partial charge in [0.15, 0.2) is 0 Å². The van der Waals surface area contributed by atoms with Gasteiger partial charge in [0.25, 0.3) is 0 Å². The third-order valence-electron chi connectivity index (χ3n) is 2.68. The van der Waals surface area contributed by atoms with Gasteiger partial charge in [0.2, 0.25) is 5.91 Å². The minimum absolute atomic E-state index is 0.0168. The average Bonchev–Trinajstić information content (AvgIpc) is 2.69. The van der Waals surface area contributed by atoms with Gasteiger partial charge >= 0.3 is 0 Å². The van der Waals surface area contributed by atoms with E-state index in [-0.39, 0.29) is 11.2 Å². The summed E-state index contributed by atoms with van der Waals surface area (Å²) in [6, 6.07) is 11.8. The fourth-order valence-electron chi connectivity index (χ4n) is 1.71. The van der Waals surface area contributed by atoms with Gasteiger partial charge in [-0.3, -0.25) is 9.48 Å². The number of nitrogens with zero attached hydrogens (tertiary/aromatic N) is 2. The van der Waals surface area contributed by atoms with E-state index < -0.39 is 0 Å². The number of thioether (sulfide) groups is 1. The molecule has 1 atom stereocenters. The molecule has 0 saturated heterocycles. The zero-order valence-electron chi connectivity index (χ0n) is 11.3. The summed E-state index contributed by atoms with van der Waals surface area (Å²) in [5, 5.41) is 6.94. The van der Waals surface area contributed by atoms with Crippen LogP contribution in [0.15, 0.2) is 41.3 Å². The van der Waals surface area contributed by atoms with Crippen LogP contribution in [0.4, 0.5) is 5.82 Å². The molecule has 0 saturated carbocycles. The van der Waals surface area contributed by atoms with Crippen LogP contribution in [0.1, 0.15) is 12.6 Å². The predicted molar refractivity (Wildman–Crippen MR) is 78.3 cm³/mol. The van der Waals surface area contributed by atoms with Crippen molar-refractivity contribution in [3.8, 4) is 0 Å². The number of hydrogen-bond donors (Lipinski definition) is 1. The summed E-state index contributed by atoms with van der Waals surface area (Å²) in [4.78, 5) is 13.2. The highest BCUT2D eigenvalue weighted by atomic mass is 32.2. The van der Waals surface area contributed by atoms with Crippen LogP contribution in [0.25, 0.3) is 0 Å². The van der Waals surface area contributed by atoms with Crippen LogP contribution in [-0.4, -0.2) is 20.9 Å². The highest BCUT2D eigenvalue weighted by Gasteiger charge is 2.16. The van der Waals surface area contributed by atoms with E-state index in [4.69, 9.17) is 0 Å². The third-order valence-corrected chi connectivity index (χ3v) is 3.79. The number of aromatic nitrogens is 2. The van der Waals surface area contributed by atoms with E-state index >= 15 is 0 Å². The summed E-state index contributed by atoms with van der Waals surface area (Å²) >= 11 is 1.54. The molecule has 1 aromatic carbocycles. The Morgan fingerprint density at radius 3 is 2.63 bits per heavy atom. The number of carbonyl (C=O) groups is 1. The average molecular weight is 275 g/mol. The van der Waals surface area contributed by atoms with Crippen molar-refractivity contribution in [1.82, 2.24) is 9.78 Å². The van der Waals surface area contributed by atoms with Crippen molar-refractivity contribution in [2.75, 3.05) is 5.32 Å². The second-order valence-electron chi connectivity index (χ2n) is 4.36. The molecule has 0 radical (unpaired) electrons. The van der Waals surface area contributed by atoms with E-state index in [1.54, 1.807) is 16.4 Å². The molecule has 4 nitrogen and oxygen atoms in total. The molecule has 0 aliphatic rings. The summed E-state index contributed by atoms with van der Waals surface area (Å²) in [6.07, 6.45) is 0. The topological polar surface area (TPSA) is 46.9 Å². The summed E-state index contributed by atoms with van der Waals surface area (Å²) in [5.74, 6) is 0.708. The SMILES string of the molecule is Cc1cc(NC(=O)[C@H](C)Sc2ccccc2)n(C)n1. The maximum Gasteiger partial charge on any atom is 0.238 e. The lowest BCUT2D eigenvalue weighted by Gasteiger charge is -2.11. The molecule has 0 spiro atoms. The molecule has 0 bridgehead atoms. The van der Waals surface area contributed by atoms with E-state index in [1.165, 1.54) is 0 Å². The van der Waals surface area contributed by atoms with Gasteiger partial charge in [0.1, 0.15) is 5.82 Å². The monoisotopic (exact) mass is 275 g/mol. The predicted octanol–water partition coefficient (Wildman–Crippen LogP) is 2.85. The molecule has 1 heterocycles. The Labute approximate surface area is 117 Å². The Balaban J connectivity index is 1.98. The standard InChI is InChI=1S/C14H17N3OS/c1-10-9-13(17(3)16-10)15-14(18)11(2)19-12-7-5-4-6-8-12/h4-9,11H,1-3H3,(H,15,18)/t11-/m0/s1. The first-order chi connectivity index (χ1) is 9.06. The van der Waals surface area contributed by atoms with Crippen LogP contribution >= 0.6 is 11.8 Å². The Kier molecular flexibility index (Phi) is 4.27. The van der Waals surface area contributed by atoms with Gasteiger partial charge in [-0.2, -0.15) is 5.10 Å². The quantitative estimate of drug-likeness (QED) is 0.873. The molecule has 5 heteroatoms. The molecular formula is C14H17N3OS. The first-order valence-corrected chi connectivity index (χ1v) is 6.97. The van der Waals surface area contributed by atoms with Gasteiger partial charge in [-0.05, 0) is 26.0 Å². The fourth-order valence-corrected chi connectivity index (χ4v) is 2.60. The summed E-state index contributed by atoms with van der Waals surface area (Å²) in [7, 11) is 1.82. The van der Waals surface area contributed by atoms with Crippen molar-refractivity contribution in [3.63, 3.8) is 0 Å². The molecule has 1 amide bonds. The van der Waals surface area contributed by atoms with E-state index in [1.807, 2.05) is 57.3 Å². The lowest BCUT2D eigenvalue weighted by atomic mass is 10.4. The molecule has 0 fully saturated rings. The summed E-state index contributed by atoms with van der Waals surface area (Å²) in [5.41, 5.74) is 0.890. The minimum atomic E-state index is -0.155. The van der Waals surface area contributed by atoms with Gasteiger partial charge in [0.05, 0.1) is 10.9 Å². The zero-order valence-corrected chi connectivity index (χ0v) is 12.1. The number of benzene rings is 1. The van der Waals surface area contributed by atoms with Crippen LogP contribution < -0.4 is 5.32 Å². The van der Waals surface area contributed by atoms with Crippen LogP contribution in [0.2, 0.25) is 0 Å². The maximum absolute atomic E-state index is 12.1. The second kappa shape index (κ2) is 5.93. The van der Waals surface area contributed by atoms with Gasteiger partial charge < -0.3 is 5.32 Å². The second-order valence-corrected chi connectivity index (χ2v) is 5.77. The van der Waals surface area contributed by atoms with Gasteiger partial charge in [-0.15, -0.1) is 11.8 Å². The number of anilines is 1. The number of hydrogen-bond acceptors (Lipinski definition) is 3. The Morgan fingerprint density at radius 1 is 1.37 bits per heavy atom. The molecule has 1 N–H and O–H groups in total. The number of rotatable bonds is 4. The third kappa shape index (κ3) is 3.61. The van der Waals surface area contributed by atoms with Crippen LogP contribution in [-0.2, 0) is 11.8 Å². The van der Waals surface area contributed by atoms with Crippen molar-refractivity contribution in [3.05, 3.63) is 42.1 Å². The van der Waals surface area contributed by atoms with E-state index in [0.717, 1.165) is 16.4 Å². The van der Waals surface area contributed by atoms with Crippen LogP contribution in [0, 0.1) is 6.92 Å². The van der Waals surface area contributed by atoms with Gasteiger partial charge in [-0.25, -0.2) is 0 Å². The summed E-state index contributed by atoms with van der Waals surface area (Å²) in [6.45, 7) is 3.80. The Hall–Kier alpha value is -1.75. The highest BCUT2D eigenvalue weighted by Crippen LogP contribution is 2.23. The molecule has 100 valence electrons. The first kappa shape index (κ1) is 13.7. The van der Waals surface area contributed by atoms with Gasteiger partial charge in [0, 0.05) is 18.0 Å². The Bertz CT molecular complexity index is 565. The van der Waals surface area contributed by atoms with E-state index in [9.17, 15) is 4.79 Å². The lowest BCUT2D eigenvalue weighted by Crippen LogP contribution is -2.23. The molecular weight excluding hydrogens is 258 g/mol. The molecule has 2 rings (SSSR count). The number of nitrogens with one attached hydrogen (secondary N) is 1. The largest absolute Gasteiger partial charge is 0.310 e. The first-order valence-electron chi connectivity index (χ1n) is 6.09.